The first-order valence-corrected chi connectivity index (χ1v) is 5.26. The Labute approximate surface area is 88.5 Å². The monoisotopic (exact) mass is 274 g/mol. The highest BCUT2D eigenvalue weighted by molar-refractivity contribution is 14.1. The van der Waals surface area contributed by atoms with E-state index in [1.807, 2.05) is 0 Å². The molecule has 0 spiro atoms. The van der Waals surface area contributed by atoms with Gasteiger partial charge in [-0.25, -0.2) is 0 Å². The maximum atomic E-state index is 2.43. The largest absolute Gasteiger partial charge is 0.0616 e. The minimum atomic E-state index is 0.266. The molecule has 0 aliphatic heterocycles. The molecule has 12 heavy (non-hydrogen) atoms. The van der Waals surface area contributed by atoms with Gasteiger partial charge in [0.05, 0.1) is 0 Å². The minimum absolute atomic E-state index is 0.266. The van der Waals surface area contributed by atoms with Crippen molar-refractivity contribution in [2.75, 3.05) is 0 Å². The molecule has 0 aromatic heterocycles. The maximum Gasteiger partial charge on any atom is 0.0196 e. The van der Waals surface area contributed by atoms with Crippen molar-refractivity contribution in [2.24, 2.45) is 0 Å². The molecule has 0 fully saturated rings. The summed E-state index contributed by atoms with van der Waals surface area (Å²) in [5.74, 6) is 0. The molecule has 1 rings (SSSR count). The van der Waals surface area contributed by atoms with Crippen LogP contribution in [0.3, 0.4) is 0 Å². The van der Waals surface area contributed by atoms with Crippen molar-refractivity contribution in [2.45, 2.75) is 33.1 Å². The Bertz CT molecular complexity index is 282. The summed E-state index contributed by atoms with van der Waals surface area (Å²) in [6, 6.07) is 6.52. The van der Waals surface area contributed by atoms with Crippen molar-refractivity contribution >= 4 is 22.6 Å². The Morgan fingerprint density at radius 3 is 2.17 bits per heavy atom. The van der Waals surface area contributed by atoms with Gasteiger partial charge in [0.15, 0.2) is 0 Å². The lowest BCUT2D eigenvalue weighted by atomic mass is 9.86. The fourth-order valence-electron chi connectivity index (χ4n) is 1.23. The van der Waals surface area contributed by atoms with Gasteiger partial charge in [-0.3, -0.25) is 0 Å². The fraction of sp³-hybridized carbons (Fsp3) is 0.455. The van der Waals surface area contributed by atoms with Crippen molar-refractivity contribution in [3.05, 3.63) is 32.9 Å². The van der Waals surface area contributed by atoms with Crippen LogP contribution in [0.25, 0.3) is 0 Å². The summed E-state index contributed by atoms with van der Waals surface area (Å²) in [6.07, 6.45) is 0. The maximum absolute atomic E-state index is 2.43. The molecular formula is C11H15I. The van der Waals surface area contributed by atoms with Crippen molar-refractivity contribution in [3.63, 3.8) is 0 Å². The van der Waals surface area contributed by atoms with Crippen LogP contribution in [0.5, 0.6) is 0 Å². The van der Waals surface area contributed by atoms with E-state index in [1.165, 1.54) is 14.7 Å². The summed E-state index contributed by atoms with van der Waals surface area (Å²) < 4.78 is 1.41. The molecule has 1 heteroatoms. The van der Waals surface area contributed by atoms with Crippen LogP contribution in [0.1, 0.15) is 31.9 Å². The number of benzene rings is 1. The van der Waals surface area contributed by atoms with Crippen molar-refractivity contribution in [1.82, 2.24) is 0 Å². The summed E-state index contributed by atoms with van der Waals surface area (Å²) in [4.78, 5) is 0. The Balaban J connectivity index is 3.26. The molecule has 0 saturated heterocycles. The smallest absolute Gasteiger partial charge is 0.0196 e. The first kappa shape index (κ1) is 10.0. The number of aryl methyl sites for hydroxylation is 1. The highest BCUT2D eigenvalue weighted by Gasteiger charge is 2.16. The lowest BCUT2D eigenvalue weighted by molar-refractivity contribution is 0.586. The van der Waals surface area contributed by atoms with E-state index in [9.17, 15) is 0 Å². The molecule has 0 aliphatic carbocycles. The third-order valence-electron chi connectivity index (χ3n) is 2.00. The molecule has 0 amide bonds. The van der Waals surface area contributed by atoms with Gasteiger partial charge in [-0.1, -0.05) is 39.0 Å². The summed E-state index contributed by atoms with van der Waals surface area (Å²) in [6.45, 7) is 8.93. The van der Waals surface area contributed by atoms with Gasteiger partial charge in [0.25, 0.3) is 0 Å². The van der Waals surface area contributed by atoms with Gasteiger partial charge in [-0.05, 0) is 46.1 Å². The zero-order valence-corrected chi connectivity index (χ0v) is 10.3. The lowest BCUT2D eigenvalue weighted by Crippen LogP contribution is -2.13. The van der Waals surface area contributed by atoms with Gasteiger partial charge in [-0.2, -0.15) is 0 Å². The van der Waals surface area contributed by atoms with Crippen LogP contribution in [0.2, 0.25) is 0 Å². The second-order valence-electron chi connectivity index (χ2n) is 4.19. The second kappa shape index (κ2) is 3.36. The molecule has 0 bridgehead atoms. The predicted octanol–water partition coefficient (Wildman–Crippen LogP) is 3.90. The quantitative estimate of drug-likeness (QED) is 0.629. The van der Waals surface area contributed by atoms with Gasteiger partial charge in [0.1, 0.15) is 0 Å². The zero-order chi connectivity index (χ0) is 9.35. The van der Waals surface area contributed by atoms with Crippen molar-refractivity contribution in [3.8, 4) is 0 Å². The highest BCUT2D eigenvalue weighted by atomic mass is 127. The van der Waals surface area contributed by atoms with E-state index in [-0.39, 0.29) is 5.41 Å². The molecule has 0 unspecified atom stereocenters. The van der Waals surface area contributed by atoms with Crippen LogP contribution in [0, 0.1) is 10.5 Å². The van der Waals surface area contributed by atoms with E-state index < -0.39 is 0 Å². The molecular weight excluding hydrogens is 259 g/mol. The first-order chi connectivity index (χ1) is 5.43. The number of hydrogen-bond donors (Lipinski definition) is 0. The Morgan fingerprint density at radius 1 is 1.17 bits per heavy atom. The summed E-state index contributed by atoms with van der Waals surface area (Å²) in [5, 5.41) is 0. The molecule has 1 aromatic rings. The van der Waals surface area contributed by atoms with Crippen LogP contribution in [-0.2, 0) is 5.41 Å². The second-order valence-corrected chi connectivity index (χ2v) is 5.27. The number of hydrogen-bond acceptors (Lipinski definition) is 0. The van der Waals surface area contributed by atoms with Crippen LogP contribution in [0.4, 0.5) is 0 Å². The molecule has 0 saturated carbocycles. The van der Waals surface area contributed by atoms with Gasteiger partial charge < -0.3 is 0 Å². The number of rotatable bonds is 0. The van der Waals surface area contributed by atoms with Gasteiger partial charge in [0, 0.05) is 3.57 Å². The summed E-state index contributed by atoms with van der Waals surface area (Å²) in [5.41, 5.74) is 3.09. The molecule has 1 aromatic carbocycles. The van der Waals surface area contributed by atoms with E-state index >= 15 is 0 Å². The van der Waals surface area contributed by atoms with Crippen molar-refractivity contribution in [1.29, 1.82) is 0 Å². The number of halogens is 1. The van der Waals surface area contributed by atoms with Crippen LogP contribution in [0.15, 0.2) is 18.2 Å². The molecule has 0 nitrogen and oxygen atoms in total. The Hall–Kier alpha value is -0.0500. The molecule has 0 N–H and O–H groups in total. The van der Waals surface area contributed by atoms with Gasteiger partial charge in [-0.15, -0.1) is 0 Å². The predicted molar refractivity (Wildman–Crippen MR) is 62.6 cm³/mol. The van der Waals surface area contributed by atoms with E-state index in [1.54, 1.807) is 0 Å². The van der Waals surface area contributed by atoms with E-state index in [0.29, 0.717) is 0 Å². The standard InChI is InChI=1S/C11H15I/c1-8-6-5-7-9(10(8)12)11(2,3)4/h5-7H,1-4H3. The van der Waals surface area contributed by atoms with Crippen LogP contribution >= 0.6 is 22.6 Å². The van der Waals surface area contributed by atoms with Crippen LogP contribution < -0.4 is 0 Å². The molecule has 66 valence electrons. The molecule has 0 aliphatic rings. The SMILES string of the molecule is Cc1cccc(C(C)(C)C)c1I. The van der Waals surface area contributed by atoms with E-state index in [2.05, 4.69) is 68.5 Å². The third-order valence-corrected chi connectivity index (χ3v) is 3.43. The lowest BCUT2D eigenvalue weighted by Gasteiger charge is -2.21. The molecule has 0 atom stereocenters. The third kappa shape index (κ3) is 2.00. The van der Waals surface area contributed by atoms with Gasteiger partial charge >= 0.3 is 0 Å². The first-order valence-electron chi connectivity index (χ1n) is 4.18. The topological polar surface area (TPSA) is 0 Å². The summed E-state index contributed by atoms with van der Waals surface area (Å²) in [7, 11) is 0. The van der Waals surface area contributed by atoms with Gasteiger partial charge in [0.2, 0.25) is 0 Å². The van der Waals surface area contributed by atoms with Crippen molar-refractivity contribution < 1.29 is 0 Å². The Morgan fingerprint density at radius 2 is 1.75 bits per heavy atom. The minimum Gasteiger partial charge on any atom is -0.0616 e. The summed E-state index contributed by atoms with van der Waals surface area (Å²) >= 11 is 2.43. The zero-order valence-electron chi connectivity index (χ0n) is 8.11. The molecule has 0 heterocycles. The average Bonchev–Trinajstić information content (AvgIpc) is 1.92. The molecule has 0 radical (unpaired) electrons. The Kier molecular flexibility index (Phi) is 2.81. The average molecular weight is 274 g/mol. The van der Waals surface area contributed by atoms with Crippen LogP contribution in [-0.4, -0.2) is 0 Å². The van der Waals surface area contributed by atoms with E-state index in [4.69, 9.17) is 0 Å². The van der Waals surface area contributed by atoms with E-state index in [0.717, 1.165) is 0 Å². The fourth-order valence-corrected chi connectivity index (χ4v) is 2.40. The highest BCUT2D eigenvalue weighted by Crippen LogP contribution is 2.28. The normalized spacial score (nSPS) is 11.8.